The van der Waals surface area contributed by atoms with E-state index in [9.17, 15) is 4.79 Å². The second-order valence-corrected chi connectivity index (χ2v) is 6.29. The molecule has 1 aliphatic carbocycles. The Morgan fingerprint density at radius 2 is 2.24 bits per heavy atom. The molecule has 2 N–H and O–H groups in total. The van der Waals surface area contributed by atoms with E-state index in [0.29, 0.717) is 5.75 Å². The first-order valence-corrected chi connectivity index (χ1v) is 8.31. The van der Waals surface area contributed by atoms with Gasteiger partial charge in [-0.2, -0.15) is 5.10 Å². The summed E-state index contributed by atoms with van der Waals surface area (Å²) < 4.78 is 0. The number of carbonyl (C=O) groups is 1. The fourth-order valence-electron chi connectivity index (χ4n) is 2.65. The molecule has 5 heteroatoms. The Morgan fingerprint density at radius 3 is 3.10 bits per heavy atom. The lowest BCUT2D eigenvalue weighted by atomic mass is 10.1. The molecule has 2 aromatic rings. The van der Waals surface area contributed by atoms with Crippen molar-refractivity contribution >= 4 is 23.5 Å². The number of nitrogens with zero attached hydrogens (tertiary/aromatic N) is 1. The molecule has 1 aromatic carbocycles. The van der Waals surface area contributed by atoms with Gasteiger partial charge in [-0.1, -0.05) is 13.0 Å². The lowest BCUT2D eigenvalue weighted by Crippen LogP contribution is -2.15. The van der Waals surface area contributed by atoms with E-state index in [4.69, 9.17) is 0 Å². The van der Waals surface area contributed by atoms with Gasteiger partial charge in [0.1, 0.15) is 5.82 Å². The van der Waals surface area contributed by atoms with E-state index in [1.807, 2.05) is 6.92 Å². The van der Waals surface area contributed by atoms with Crippen LogP contribution in [0.4, 0.5) is 5.82 Å². The molecule has 1 heterocycles. The largest absolute Gasteiger partial charge is 0.310 e. The monoisotopic (exact) mass is 301 g/mol. The average molecular weight is 301 g/mol. The van der Waals surface area contributed by atoms with Crippen molar-refractivity contribution in [3.8, 4) is 0 Å². The van der Waals surface area contributed by atoms with Crippen molar-refractivity contribution < 1.29 is 4.79 Å². The lowest BCUT2D eigenvalue weighted by Gasteiger charge is -2.06. The highest BCUT2D eigenvalue weighted by molar-refractivity contribution is 8.00. The number of aryl methyl sites for hydroxylation is 3. The Morgan fingerprint density at radius 1 is 1.38 bits per heavy atom. The Labute approximate surface area is 128 Å². The molecule has 0 aliphatic heterocycles. The minimum atomic E-state index is -0.000511. The minimum absolute atomic E-state index is 0.000511. The molecule has 1 aromatic heterocycles. The van der Waals surface area contributed by atoms with Crippen molar-refractivity contribution in [3.63, 3.8) is 0 Å². The van der Waals surface area contributed by atoms with Crippen LogP contribution in [0.2, 0.25) is 0 Å². The van der Waals surface area contributed by atoms with Crippen LogP contribution in [0.5, 0.6) is 0 Å². The smallest absolute Gasteiger partial charge is 0.235 e. The maximum Gasteiger partial charge on any atom is 0.235 e. The second-order valence-electron chi connectivity index (χ2n) is 5.24. The molecule has 0 bridgehead atoms. The van der Waals surface area contributed by atoms with Gasteiger partial charge in [0.2, 0.25) is 5.91 Å². The average Bonchev–Trinajstić information content (AvgIpc) is 3.12. The maximum absolute atomic E-state index is 12.0. The molecule has 21 heavy (non-hydrogen) atoms. The predicted octanol–water partition coefficient (Wildman–Crippen LogP) is 3.19. The van der Waals surface area contributed by atoms with Crippen LogP contribution in [0, 0.1) is 0 Å². The van der Waals surface area contributed by atoms with Crippen LogP contribution in [-0.2, 0) is 24.1 Å². The molecule has 0 saturated heterocycles. The zero-order valence-electron chi connectivity index (χ0n) is 12.1. The highest BCUT2D eigenvalue weighted by Gasteiger charge is 2.12. The van der Waals surface area contributed by atoms with Crippen molar-refractivity contribution in [2.75, 3.05) is 11.1 Å². The summed E-state index contributed by atoms with van der Waals surface area (Å²) in [5, 5.41) is 9.67. The third-order valence-corrected chi connectivity index (χ3v) is 4.80. The van der Waals surface area contributed by atoms with E-state index < -0.39 is 0 Å². The SMILES string of the molecule is CCc1cn[nH]c1NC(=O)CSc1ccc2c(c1)CCC2. The number of hydrogen-bond donors (Lipinski definition) is 2. The predicted molar refractivity (Wildman–Crippen MR) is 85.8 cm³/mol. The number of benzene rings is 1. The molecule has 0 atom stereocenters. The summed E-state index contributed by atoms with van der Waals surface area (Å²) in [5.74, 6) is 1.14. The van der Waals surface area contributed by atoms with Gasteiger partial charge in [-0.05, 0) is 48.9 Å². The standard InChI is InChI=1S/C16H19N3OS/c1-2-11-9-17-19-16(11)18-15(20)10-21-14-7-6-12-4-3-5-13(12)8-14/h6-9H,2-5,10H2,1H3,(H2,17,18,19,20). The third-order valence-electron chi connectivity index (χ3n) is 3.80. The van der Waals surface area contributed by atoms with E-state index in [1.54, 1.807) is 18.0 Å². The van der Waals surface area contributed by atoms with Gasteiger partial charge < -0.3 is 5.32 Å². The fraction of sp³-hybridized carbons (Fsp3) is 0.375. The molecule has 110 valence electrons. The number of hydrogen-bond acceptors (Lipinski definition) is 3. The van der Waals surface area contributed by atoms with Crippen LogP contribution in [0.25, 0.3) is 0 Å². The topological polar surface area (TPSA) is 57.8 Å². The van der Waals surface area contributed by atoms with Crippen molar-refractivity contribution in [1.82, 2.24) is 10.2 Å². The highest BCUT2D eigenvalue weighted by atomic mass is 32.2. The van der Waals surface area contributed by atoms with Crippen LogP contribution in [-0.4, -0.2) is 21.9 Å². The molecular weight excluding hydrogens is 282 g/mol. The quantitative estimate of drug-likeness (QED) is 0.834. The zero-order chi connectivity index (χ0) is 14.7. The summed E-state index contributed by atoms with van der Waals surface area (Å²) >= 11 is 1.58. The molecule has 0 saturated carbocycles. The Bertz CT molecular complexity index is 651. The van der Waals surface area contributed by atoms with Crippen LogP contribution in [0.3, 0.4) is 0 Å². The van der Waals surface area contributed by atoms with Gasteiger partial charge in [-0.15, -0.1) is 11.8 Å². The van der Waals surface area contributed by atoms with Crippen molar-refractivity contribution in [1.29, 1.82) is 0 Å². The normalized spacial score (nSPS) is 13.2. The van der Waals surface area contributed by atoms with Crippen LogP contribution < -0.4 is 5.32 Å². The molecular formula is C16H19N3OS. The van der Waals surface area contributed by atoms with E-state index in [0.717, 1.165) is 17.8 Å². The molecule has 4 nitrogen and oxygen atoms in total. The Kier molecular flexibility index (Phi) is 4.29. The van der Waals surface area contributed by atoms with Gasteiger partial charge in [0.15, 0.2) is 0 Å². The van der Waals surface area contributed by atoms with Gasteiger partial charge >= 0.3 is 0 Å². The van der Waals surface area contributed by atoms with Gasteiger partial charge in [-0.3, -0.25) is 9.89 Å². The molecule has 1 amide bonds. The zero-order valence-corrected chi connectivity index (χ0v) is 12.9. The number of aromatic amines is 1. The summed E-state index contributed by atoms with van der Waals surface area (Å²) in [6.07, 6.45) is 6.22. The van der Waals surface area contributed by atoms with Crippen molar-refractivity contribution in [3.05, 3.63) is 41.1 Å². The summed E-state index contributed by atoms with van der Waals surface area (Å²) in [7, 11) is 0. The number of fused-ring (bicyclic) bond motifs is 1. The number of anilines is 1. The van der Waals surface area contributed by atoms with Gasteiger partial charge in [-0.25, -0.2) is 0 Å². The summed E-state index contributed by atoms with van der Waals surface area (Å²) in [6, 6.07) is 6.55. The number of rotatable bonds is 5. The van der Waals surface area contributed by atoms with Crippen LogP contribution >= 0.6 is 11.8 Å². The van der Waals surface area contributed by atoms with Gasteiger partial charge in [0, 0.05) is 10.5 Å². The van der Waals surface area contributed by atoms with Crippen molar-refractivity contribution in [2.45, 2.75) is 37.5 Å². The van der Waals surface area contributed by atoms with Crippen LogP contribution in [0.1, 0.15) is 30.0 Å². The Balaban J connectivity index is 1.56. The molecule has 0 unspecified atom stereocenters. The minimum Gasteiger partial charge on any atom is -0.310 e. The number of amides is 1. The van der Waals surface area contributed by atoms with Crippen LogP contribution in [0.15, 0.2) is 29.3 Å². The van der Waals surface area contributed by atoms with Gasteiger partial charge in [0.25, 0.3) is 0 Å². The third kappa shape index (κ3) is 3.29. The lowest BCUT2D eigenvalue weighted by molar-refractivity contribution is -0.113. The van der Waals surface area contributed by atoms with E-state index in [2.05, 4.69) is 33.7 Å². The Hall–Kier alpha value is -1.75. The number of nitrogens with one attached hydrogen (secondary N) is 2. The summed E-state index contributed by atoms with van der Waals surface area (Å²) in [5.41, 5.74) is 3.95. The first kappa shape index (κ1) is 14.2. The first-order chi connectivity index (χ1) is 10.3. The number of carbonyl (C=O) groups excluding carboxylic acids is 1. The molecule has 0 spiro atoms. The summed E-state index contributed by atoms with van der Waals surface area (Å²) in [6.45, 7) is 2.04. The van der Waals surface area contributed by atoms with Crippen molar-refractivity contribution in [2.24, 2.45) is 0 Å². The molecule has 3 rings (SSSR count). The number of H-pyrrole nitrogens is 1. The fourth-order valence-corrected chi connectivity index (χ4v) is 3.41. The molecule has 1 aliphatic rings. The van der Waals surface area contributed by atoms with E-state index in [1.165, 1.54) is 35.3 Å². The van der Waals surface area contributed by atoms with E-state index >= 15 is 0 Å². The van der Waals surface area contributed by atoms with E-state index in [-0.39, 0.29) is 5.91 Å². The second kappa shape index (κ2) is 6.35. The number of thioether (sulfide) groups is 1. The van der Waals surface area contributed by atoms with Gasteiger partial charge in [0.05, 0.1) is 11.9 Å². The maximum atomic E-state index is 12.0. The summed E-state index contributed by atoms with van der Waals surface area (Å²) in [4.78, 5) is 13.2. The first-order valence-electron chi connectivity index (χ1n) is 7.33. The molecule has 0 radical (unpaired) electrons. The molecule has 0 fully saturated rings. The number of aromatic nitrogens is 2. The highest BCUT2D eigenvalue weighted by Crippen LogP contribution is 2.27.